The number of rotatable bonds is 19. The highest BCUT2D eigenvalue weighted by atomic mass is 32.3. The van der Waals surface area contributed by atoms with Gasteiger partial charge >= 0.3 is 0 Å². The number of hydrogen-bond acceptors (Lipinski definition) is 6. The molecule has 2 N–H and O–H groups in total. The Morgan fingerprint density at radius 1 is 0.969 bits per heavy atom. The van der Waals surface area contributed by atoms with Crippen LogP contribution in [0.3, 0.4) is 0 Å². The summed E-state index contributed by atoms with van der Waals surface area (Å²) < 4.78 is 32.0. The van der Waals surface area contributed by atoms with Gasteiger partial charge in [0.05, 0.1) is 19.8 Å². The molecule has 0 aromatic heterocycles. The number of nitrogens with zero attached hydrogens (tertiary/aromatic N) is 1. The SMILES string of the molecule is CC(C)CCCCCCCCCCCCCCC1=NCC[NH+]1CCO.CCOS(=O)(=O)[O-]. The number of quaternary nitrogens is 1. The van der Waals surface area contributed by atoms with Crippen LogP contribution in [0.2, 0.25) is 0 Å². The minimum absolute atomic E-state index is 0.0914. The van der Waals surface area contributed by atoms with Gasteiger partial charge in [-0.15, -0.1) is 0 Å². The molecule has 0 fully saturated rings. The minimum atomic E-state index is -4.42. The van der Waals surface area contributed by atoms with Crippen molar-refractivity contribution in [1.82, 2.24) is 0 Å². The van der Waals surface area contributed by atoms with Crippen LogP contribution in [0.25, 0.3) is 0 Å². The smallest absolute Gasteiger partial charge is 0.217 e. The quantitative estimate of drug-likeness (QED) is 0.167. The molecule has 1 aliphatic heterocycles. The lowest BCUT2D eigenvalue weighted by atomic mass is 10.0. The van der Waals surface area contributed by atoms with Crippen molar-refractivity contribution in [3.8, 4) is 0 Å². The predicted octanol–water partition coefficient (Wildman–Crippen LogP) is 3.88. The number of hydrogen-bond donors (Lipinski definition) is 2. The van der Waals surface area contributed by atoms with E-state index in [4.69, 9.17) is 5.11 Å². The maximum atomic E-state index is 9.45. The van der Waals surface area contributed by atoms with Crippen molar-refractivity contribution in [2.45, 2.75) is 111 Å². The van der Waals surface area contributed by atoms with E-state index >= 15 is 0 Å². The molecule has 1 atom stereocenters. The summed E-state index contributed by atoms with van der Waals surface area (Å²) in [6, 6.07) is 0. The second-order valence-electron chi connectivity index (χ2n) is 9.15. The zero-order valence-electron chi connectivity index (χ0n) is 20.9. The van der Waals surface area contributed by atoms with Crippen molar-refractivity contribution in [2.24, 2.45) is 10.9 Å². The fourth-order valence-corrected chi connectivity index (χ4v) is 4.29. The molecule has 0 saturated carbocycles. The summed E-state index contributed by atoms with van der Waals surface area (Å²) in [4.78, 5) is 6.03. The van der Waals surface area contributed by atoms with E-state index in [-0.39, 0.29) is 13.2 Å². The summed E-state index contributed by atoms with van der Waals surface area (Å²) in [7, 11) is -4.42. The van der Waals surface area contributed by atoms with Crippen LogP contribution in [0, 0.1) is 5.92 Å². The molecular weight excluding hydrogens is 428 g/mol. The molecule has 1 unspecified atom stereocenters. The number of aliphatic hydroxyl groups excluding tert-OH is 1. The number of unbranched alkanes of at least 4 members (excludes halogenated alkanes) is 11. The summed E-state index contributed by atoms with van der Waals surface area (Å²) in [5.41, 5.74) is 0. The summed E-state index contributed by atoms with van der Waals surface area (Å²) in [5.74, 6) is 2.20. The third kappa shape index (κ3) is 21.3. The van der Waals surface area contributed by atoms with Crippen LogP contribution >= 0.6 is 0 Å². The number of aliphatic imine (C=N–C) groups is 1. The highest BCUT2D eigenvalue weighted by Crippen LogP contribution is 2.14. The first-order valence-corrected chi connectivity index (χ1v) is 14.2. The van der Waals surface area contributed by atoms with Gasteiger partial charge < -0.3 is 9.66 Å². The van der Waals surface area contributed by atoms with Crippen LogP contribution in [0.5, 0.6) is 0 Å². The molecule has 1 aliphatic rings. The van der Waals surface area contributed by atoms with Crippen molar-refractivity contribution < 1.29 is 27.2 Å². The Labute approximate surface area is 198 Å². The van der Waals surface area contributed by atoms with E-state index in [1.165, 1.54) is 101 Å². The van der Waals surface area contributed by atoms with Crippen molar-refractivity contribution in [1.29, 1.82) is 0 Å². The molecule has 0 aromatic carbocycles. The Hall–Kier alpha value is -0.540. The van der Waals surface area contributed by atoms with Gasteiger partial charge in [0.2, 0.25) is 10.4 Å². The zero-order chi connectivity index (χ0) is 24.1. The fourth-order valence-electron chi connectivity index (χ4n) is 4.00. The summed E-state index contributed by atoms with van der Waals surface area (Å²) in [6.45, 7) is 9.17. The van der Waals surface area contributed by atoms with Gasteiger partial charge in [0.25, 0.3) is 0 Å². The lowest BCUT2D eigenvalue weighted by molar-refractivity contribution is -0.800. The predicted molar refractivity (Wildman–Crippen MR) is 131 cm³/mol. The molecule has 0 spiro atoms. The Kier molecular flexibility index (Phi) is 20.7. The Bertz CT molecular complexity index is 553. The van der Waals surface area contributed by atoms with Gasteiger partial charge in [-0.2, -0.15) is 0 Å². The largest absolute Gasteiger partial charge is 0.726 e. The van der Waals surface area contributed by atoms with Crippen LogP contribution < -0.4 is 4.90 Å². The second kappa shape index (κ2) is 21.0. The Morgan fingerprint density at radius 3 is 1.88 bits per heavy atom. The van der Waals surface area contributed by atoms with Crippen molar-refractivity contribution in [2.75, 3.05) is 32.8 Å². The van der Waals surface area contributed by atoms with Gasteiger partial charge in [0, 0.05) is 6.42 Å². The van der Waals surface area contributed by atoms with Gasteiger partial charge in [0.1, 0.15) is 13.1 Å². The summed E-state index contributed by atoms with van der Waals surface area (Å²) in [5, 5.41) is 9.07. The summed E-state index contributed by atoms with van der Waals surface area (Å²) in [6.07, 6.45) is 19.5. The zero-order valence-corrected chi connectivity index (χ0v) is 21.8. The molecule has 0 aliphatic carbocycles. The second-order valence-corrected chi connectivity index (χ2v) is 10.2. The molecule has 0 aromatic rings. The van der Waals surface area contributed by atoms with Crippen LogP contribution in [0.15, 0.2) is 4.99 Å². The van der Waals surface area contributed by atoms with Gasteiger partial charge in [-0.3, -0.25) is 9.08 Å². The van der Waals surface area contributed by atoms with Crippen LogP contribution in [-0.4, -0.2) is 56.8 Å². The van der Waals surface area contributed by atoms with E-state index in [0.29, 0.717) is 0 Å². The van der Waals surface area contributed by atoms with Gasteiger partial charge in [-0.05, 0) is 19.3 Å². The molecule has 1 heterocycles. The van der Waals surface area contributed by atoms with Crippen LogP contribution in [0.4, 0.5) is 0 Å². The third-order valence-electron chi connectivity index (χ3n) is 5.75. The van der Waals surface area contributed by atoms with E-state index in [2.05, 4.69) is 23.0 Å². The lowest BCUT2D eigenvalue weighted by Gasteiger charge is -2.12. The number of nitrogens with one attached hydrogen (secondary N) is 1. The first-order valence-electron chi connectivity index (χ1n) is 12.9. The van der Waals surface area contributed by atoms with Crippen LogP contribution in [-0.2, 0) is 14.6 Å². The van der Waals surface area contributed by atoms with E-state index in [1.807, 2.05) is 0 Å². The van der Waals surface area contributed by atoms with Crippen molar-refractivity contribution in [3.05, 3.63) is 0 Å². The molecule has 1 rings (SSSR count). The van der Waals surface area contributed by atoms with Crippen LogP contribution in [0.1, 0.15) is 111 Å². The third-order valence-corrected chi connectivity index (χ3v) is 6.27. The highest BCUT2D eigenvalue weighted by molar-refractivity contribution is 7.80. The average molecular weight is 479 g/mol. The molecule has 0 amide bonds. The topological polar surface area (TPSA) is 103 Å². The first kappa shape index (κ1) is 31.5. The average Bonchev–Trinajstić information content (AvgIpc) is 3.15. The van der Waals surface area contributed by atoms with E-state index in [9.17, 15) is 13.0 Å². The van der Waals surface area contributed by atoms with E-state index in [0.717, 1.165) is 32.0 Å². The highest BCUT2D eigenvalue weighted by Gasteiger charge is 2.20. The Balaban J connectivity index is 0.00000118. The molecule has 32 heavy (non-hydrogen) atoms. The monoisotopic (exact) mass is 478 g/mol. The lowest BCUT2D eigenvalue weighted by Crippen LogP contribution is -3.13. The molecule has 192 valence electrons. The number of aliphatic hydroxyl groups is 1. The molecule has 0 bridgehead atoms. The molecule has 0 saturated heterocycles. The molecule has 8 heteroatoms. The molecular formula is C24H50N2O5S. The maximum absolute atomic E-state index is 9.45. The van der Waals surface area contributed by atoms with E-state index in [1.54, 1.807) is 0 Å². The van der Waals surface area contributed by atoms with Gasteiger partial charge in [0.15, 0.2) is 5.84 Å². The molecule has 0 radical (unpaired) electrons. The molecule has 7 nitrogen and oxygen atoms in total. The fraction of sp³-hybridized carbons (Fsp3) is 0.958. The minimum Gasteiger partial charge on any atom is -0.726 e. The van der Waals surface area contributed by atoms with Gasteiger partial charge in [-0.1, -0.05) is 90.9 Å². The van der Waals surface area contributed by atoms with Gasteiger partial charge in [-0.25, -0.2) is 13.4 Å². The standard InChI is InChI=1S/C22H44N2O.C2H6O4S/c1-21(2)15-13-11-9-7-5-3-4-6-8-10-12-14-16-22-23-17-18-24(22)19-20-25;1-2-6-7(3,4)5/h21,25H,3-20H2,1-2H3;2H2,1H3,(H,3,4,5). The van der Waals surface area contributed by atoms with Crippen molar-refractivity contribution in [3.63, 3.8) is 0 Å². The summed E-state index contributed by atoms with van der Waals surface area (Å²) >= 11 is 0. The maximum Gasteiger partial charge on any atom is 0.217 e. The normalized spacial score (nSPS) is 16.2. The van der Waals surface area contributed by atoms with E-state index < -0.39 is 10.4 Å². The first-order chi connectivity index (χ1) is 15.3. The Morgan fingerprint density at radius 2 is 1.47 bits per heavy atom. The van der Waals surface area contributed by atoms with Crippen molar-refractivity contribution >= 4 is 16.2 Å². The number of amidine groups is 1.